The van der Waals surface area contributed by atoms with Crippen molar-refractivity contribution in [2.75, 3.05) is 12.1 Å². The number of hydrogen-bond acceptors (Lipinski definition) is 12. The van der Waals surface area contributed by atoms with Crippen molar-refractivity contribution < 1.29 is 43.0 Å². The van der Waals surface area contributed by atoms with Crippen LogP contribution in [0.4, 0.5) is 5.82 Å². The van der Waals surface area contributed by atoms with Crippen molar-refractivity contribution in [1.29, 1.82) is 0 Å². The third-order valence-electron chi connectivity index (χ3n) is 4.84. The highest BCUT2D eigenvalue weighted by atomic mass is 16.7. The monoisotopic (exact) mass is 479 g/mol. The summed E-state index contributed by atoms with van der Waals surface area (Å²) in [6, 6.07) is 1.33. The van der Waals surface area contributed by atoms with Gasteiger partial charge in [0.15, 0.2) is 24.3 Å². The van der Waals surface area contributed by atoms with Crippen LogP contribution in [0.25, 0.3) is 0 Å². The Balaban J connectivity index is 1.85. The van der Waals surface area contributed by atoms with Gasteiger partial charge in [-0.15, -0.1) is 0 Å². The van der Waals surface area contributed by atoms with Crippen molar-refractivity contribution in [1.82, 2.24) is 9.55 Å². The minimum atomic E-state index is -1.25. The molecule has 0 aromatic carbocycles. The summed E-state index contributed by atoms with van der Waals surface area (Å²) in [6.45, 7) is 6.25. The van der Waals surface area contributed by atoms with Gasteiger partial charge in [-0.3, -0.25) is 9.36 Å². The molecular weight excluding hydrogens is 454 g/mol. The number of hydrogen-bond donors (Lipinski definition) is 1. The van der Waals surface area contributed by atoms with Gasteiger partial charge >= 0.3 is 29.6 Å². The minimum Gasteiger partial charge on any atom is -0.463 e. The van der Waals surface area contributed by atoms with E-state index < -0.39 is 65.9 Å². The highest BCUT2D eigenvalue weighted by molar-refractivity contribution is 5.92. The lowest BCUT2D eigenvalue weighted by Crippen LogP contribution is -2.43. The standard InChI is InChI=1S/C21H25N3O10/c1-10(2)19(27)30-9-12-16-17(33-15(26)6-5-14(25)32-16)18(31-12)24-8-7-13(22-21(24)29)23-34-20(28)11(3)4/h5-8,10-12,16-18H,9H2,1-4H3,(H,22,23,29)/b6-5-/t12-,16?,17+,18-/m1/s1. The van der Waals surface area contributed by atoms with Crippen LogP contribution in [0, 0.1) is 11.8 Å². The van der Waals surface area contributed by atoms with E-state index in [1.807, 2.05) is 0 Å². The van der Waals surface area contributed by atoms with Crippen LogP contribution < -0.4 is 11.2 Å². The van der Waals surface area contributed by atoms with Gasteiger partial charge in [-0.2, -0.15) is 4.98 Å². The second-order valence-corrected chi connectivity index (χ2v) is 8.17. The Bertz CT molecular complexity index is 1050. The van der Waals surface area contributed by atoms with Crippen LogP contribution in [-0.4, -0.2) is 58.3 Å². The smallest absolute Gasteiger partial charge is 0.351 e. The van der Waals surface area contributed by atoms with Crippen LogP contribution in [0.1, 0.15) is 33.9 Å². The number of rotatable bonds is 7. The fourth-order valence-electron chi connectivity index (χ4n) is 3.03. The molecular formula is C21H25N3O10. The van der Waals surface area contributed by atoms with E-state index in [0.29, 0.717) is 0 Å². The van der Waals surface area contributed by atoms with E-state index in [0.717, 1.165) is 16.7 Å². The normalized spacial score (nSPS) is 25.0. The number of ether oxygens (including phenoxy) is 4. The van der Waals surface area contributed by atoms with E-state index in [9.17, 15) is 24.0 Å². The predicted molar refractivity (Wildman–Crippen MR) is 112 cm³/mol. The second kappa shape index (κ2) is 10.5. The molecule has 1 saturated heterocycles. The molecule has 13 nitrogen and oxygen atoms in total. The van der Waals surface area contributed by atoms with E-state index >= 15 is 0 Å². The molecule has 13 heteroatoms. The van der Waals surface area contributed by atoms with E-state index in [-0.39, 0.29) is 12.4 Å². The summed E-state index contributed by atoms with van der Waals surface area (Å²) in [5.74, 6) is -3.59. The SMILES string of the molecule is CC(C)C(=O)OC[C@H]1O[C@@H](n2ccc(NOC(=O)C(C)C)nc2=O)[C@H]2OC(=O)/C=C\C(=O)OC12. The first-order valence-corrected chi connectivity index (χ1v) is 10.5. The Morgan fingerprint density at radius 2 is 1.65 bits per heavy atom. The number of esters is 3. The van der Waals surface area contributed by atoms with E-state index in [1.165, 1.54) is 12.3 Å². The summed E-state index contributed by atoms with van der Waals surface area (Å²) >= 11 is 0. The molecule has 2 aliphatic rings. The maximum absolute atomic E-state index is 12.7. The molecule has 0 spiro atoms. The van der Waals surface area contributed by atoms with Gasteiger partial charge < -0.3 is 23.8 Å². The lowest BCUT2D eigenvalue weighted by Gasteiger charge is -2.25. The quantitative estimate of drug-likeness (QED) is 0.323. The molecule has 2 aliphatic heterocycles. The van der Waals surface area contributed by atoms with Crippen molar-refractivity contribution in [2.45, 2.75) is 52.2 Å². The zero-order valence-corrected chi connectivity index (χ0v) is 19.0. The van der Waals surface area contributed by atoms with Crippen LogP contribution in [0.5, 0.6) is 0 Å². The second-order valence-electron chi connectivity index (χ2n) is 8.17. The fourth-order valence-corrected chi connectivity index (χ4v) is 3.03. The van der Waals surface area contributed by atoms with Crippen molar-refractivity contribution in [2.24, 2.45) is 11.8 Å². The van der Waals surface area contributed by atoms with Gasteiger partial charge in [-0.05, 0) is 0 Å². The Labute approximate surface area is 193 Å². The number of fused-ring (bicyclic) bond motifs is 1. The van der Waals surface area contributed by atoms with E-state index in [1.54, 1.807) is 27.7 Å². The van der Waals surface area contributed by atoms with Gasteiger partial charge in [0, 0.05) is 24.4 Å². The molecule has 184 valence electrons. The summed E-state index contributed by atoms with van der Waals surface area (Å²) in [6.07, 6.45) is -1.62. The number of aromatic nitrogens is 2. The van der Waals surface area contributed by atoms with Gasteiger partial charge in [0.05, 0.1) is 11.8 Å². The van der Waals surface area contributed by atoms with E-state index in [2.05, 4.69) is 10.5 Å². The molecule has 0 aliphatic carbocycles. The first-order valence-electron chi connectivity index (χ1n) is 10.5. The number of nitrogens with zero attached hydrogens (tertiary/aromatic N) is 2. The molecule has 1 aromatic heterocycles. The highest BCUT2D eigenvalue weighted by Crippen LogP contribution is 2.34. The van der Waals surface area contributed by atoms with Crippen LogP contribution in [0.3, 0.4) is 0 Å². The maximum atomic E-state index is 12.7. The molecule has 4 atom stereocenters. The van der Waals surface area contributed by atoms with Crippen molar-refractivity contribution >= 4 is 29.7 Å². The molecule has 3 heterocycles. The Hall–Kier alpha value is -3.74. The highest BCUT2D eigenvalue weighted by Gasteiger charge is 2.51. The van der Waals surface area contributed by atoms with Gasteiger partial charge in [0.25, 0.3) is 0 Å². The number of carbonyl (C=O) groups excluding carboxylic acids is 4. The molecule has 1 aromatic rings. The Kier molecular flexibility index (Phi) is 7.66. The number of anilines is 1. The van der Waals surface area contributed by atoms with Gasteiger partial charge in [-0.25, -0.2) is 24.7 Å². The molecule has 1 N–H and O–H groups in total. The summed E-state index contributed by atoms with van der Waals surface area (Å²) in [5.41, 5.74) is 1.45. The van der Waals surface area contributed by atoms with Crippen LogP contribution >= 0.6 is 0 Å². The Morgan fingerprint density at radius 1 is 1.03 bits per heavy atom. The van der Waals surface area contributed by atoms with Gasteiger partial charge in [-0.1, -0.05) is 27.7 Å². The minimum absolute atomic E-state index is 0.0452. The lowest BCUT2D eigenvalue weighted by atomic mass is 10.1. The fraction of sp³-hybridized carbons (Fsp3) is 0.524. The van der Waals surface area contributed by atoms with Crippen LogP contribution in [0.15, 0.2) is 29.2 Å². The van der Waals surface area contributed by atoms with Crippen molar-refractivity contribution in [3.8, 4) is 0 Å². The number of carbonyl (C=O) groups is 4. The number of nitrogens with one attached hydrogen (secondary N) is 1. The van der Waals surface area contributed by atoms with Crippen molar-refractivity contribution in [3.05, 3.63) is 34.9 Å². The summed E-state index contributed by atoms with van der Waals surface area (Å²) in [7, 11) is 0. The average Bonchev–Trinajstić information content (AvgIpc) is 3.09. The maximum Gasteiger partial charge on any atom is 0.351 e. The zero-order valence-electron chi connectivity index (χ0n) is 19.0. The van der Waals surface area contributed by atoms with Crippen molar-refractivity contribution in [3.63, 3.8) is 0 Å². The van der Waals surface area contributed by atoms with Gasteiger partial charge in [0.2, 0.25) is 0 Å². The Morgan fingerprint density at radius 3 is 2.24 bits per heavy atom. The summed E-state index contributed by atoms with van der Waals surface area (Å²) in [4.78, 5) is 68.9. The molecule has 0 bridgehead atoms. The molecule has 1 fully saturated rings. The third-order valence-corrected chi connectivity index (χ3v) is 4.84. The zero-order chi connectivity index (χ0) is 25.0. The molecule has 0 radical (unpaired) electrons. The molecule has 34 heavy (non-hydrogen) atoms. The molecule has 3 rings (SSSR count). The topological polar surface area (TPSA) is 161 Å². The predicted octanol–water partition coefficient (Wildman–Crippen LogP) is 0.259. The largest absolute Gasteiger partial charge is 0.463 e. The van der Waals surface area contributed by atoms with Crippen LogP contribution in [0.2, 0.25) is 0 Å². The molecule has 0 amide bonds. The molecule has 0 saturated carbocycles. The third kappa shape index (κ3) is 5.78. The van der Waals surface area contributed by atoms with E-state index in [4.69, 9.17) is 23.8 Å². The summed E-state index contributed by atoms with van der Waals surface area (Å²) in [5, 5.41) is 0. The lowest BCUT2D eigenvalue weighted by molar-refractivity contribution is -0.165. The first-order chi connectivity index (χ1) is 16.1. The average molecular weight is 479 g/mol. The van der Waals surface area contributed by atoms with Gasteiger partial charge in [0.1, 0.15) is 12.7 Å². The first kappa shape index (κ1) is 24.9. The molecule has 1 unspecified atom stereocenters. The summed E-state index contributed by atoms with van der Waals surface area (Å²) < 4.78 is 22.8. The van der Waals surface area contributed by atoms with Crippen LogP contribution in [-0.2, 0) is 43.0 Å².